The van der Waals surface area contributed by atoms with Crippen molar-refractivity contribution in [2.24, 2.45) is 0 Å². The number of nitrogen functional groups attached to an aromatic ring is 1. The minimum absolute atomic E-state index is 0.00719. The van der Waals surface area contributed by atoms with Crippen LogP contribution in [0, 0.1) is 6.92 Å². The van der Waals surface area contributed by atoms with E-state index in [9.17, 15) is 14.4 Å². The molecule has 4 rings (SSSR count). The first-order valence-corrected chi connectivity index (χ1v) is 8.09. The van der Waals surface area contributed by atoms with Crippen molar-refractivity contribution in [2.45, 2.75) is 6.92 Å². The number of nitrogens with one attached hydrogen (secondary N) is 1. The maximum Gasteiger partial charge on any atom is 0.262 e. The van der Waals surface area contributed by atoms with Gasteiger partial charge in [0.15, 0.2) is 0 Å². The van der Waals surface area contributed by atoms with Gasteiger partial charge in [-0.05, 0) is 13.0 Å². The molecule has 1 aromatic carbocycles. The van der Waals surface area contributed by atoms with Crippen molar-refractivity contribution in [3.8, 4) is 11.4 Å². The van der Waals surface area contributed by atoms with Gasteiger partial charge < -0.3 is 10.5 Å². The first-order valence-electron chi connectivity index (χ1n) is 7.27. The van der Waals surface area contributed by atoms with Gasteiger partial charge in [0.2, 0.25) is 0 Å². The molecule has 2 aromatic heterocycles. The molecule has 25 heavy (non-hydrogen) atoms. The summed E-state index contributed by atoms with van der Waals surface area (Å²) in [5, 5.41) is 3.01. The standard InChI is InChI=1S/C16H12N4O4S/c1-6-18-8-4-10(24-2)9(5-11(8)25-6)20-12(21)3-7-13(14(20)17)16(23)19-15(7)22/h3-5H,17H2,1-2H3,(H,19,22,23). The average molecular weight is 356 g/mol. The smallest absolute Gasteiger partial charge is 0.262 e. The molecule has 126 valence electrons. The molecule has 3 heterocycles. The van der Waals surface area contributed by atoms with Crippen molar-refractivity contribution in [3.63, 3.8) is 0 Å². The van der Waals surface area contributed by atoms with Crippen LogP contribution in [-0.2, 0) is 0 Å². The van der Waals surface area contributed by atoms with Crippen LogP contribution in [0.2, 0.25) is 0 Å². The quantitative estimate of drug-likeness (QED) is 0.667. The number of benzene rings is 1. The topological polar surface area (TPSA) is 116 Å². The number of hydrogen-bond acceptors (Lipinski definition) is 7. The highest BCUT2D eigenvalue weighted by molar-refractivity contribution is 7.18. The normalized spacial score (nSPS) is 13.2. The van der Waals surface area contributed by atoms with Crippen molar-refractivity contribution in [1.29, 1.82) is 0 Å². The molecule has 0 spiro atoms. The number of amides is 2. The fraction of sp³-hybridized carbons (Fsp3) is 0.125. The van der Waals surface area contributed by atoms with Gasteiger partial charge in [-0.2, -0.15) is 0 Å². The Balaban J connectivity index is 2.07. The van der Waals surface area contributed by atoms with E-state index >= 15 is 0 Å². The lowest BCUT2D eigenvalue weighted by molar-refractivity contribution is 0.0880. The summed E-state index contributed by atoms with van der Waals surface area (Å²) in [5.41, 5.74) is 6.65. The van der Waals surface area contributed by atoms with Crippen molar-refractivity contribution in [3.05, 3.63) is 44.7 Å². The predicted octanol–water partition coefficient (Wildman–Crippen LogP) is 1.23. The summed E-state index contributed by atoms with van der Waals surface area (Å²) in [7, 11) is 1.47. The van der Waals surface area contributed by atoms with Gasteiger partial charge in [-0.3, -0.25) is 24.3 Å². The Morgan fingerprint density at radius 3 is 2.68 bits per heavy atom. The Bertz CT molecular complexity index is 1150. The molecular weight excluding hydrogens is 344 g/mol. The summed E-state index contributed by atoms with van der Waals surface area (Å²) < 4.78 is 7.40. The maximum atomic E-state index is 12.6. The molecule has 0 saturated carbocycles. The fourth-order valence-electron chi connectivity index (χ4n) is 2.93. The lowest BCUT2D eigenvalue weighted by atomic mass is 10.1. The Morgan fingerprint density at radius 2 is 1.96 bits per heavy atom. The van der Waals surface area contributed by atoms with Gasteiger partial charge in [-0.15, -0.1) is 11.3 Å². The molecule has 3 N–H and O–H groups in total. The van der Waals surface area contributed by atoms with E-state index in [1.54, 1.807) is 12.1 Å². The zero-order chi connectivity index (χ0) is 17.9. The van der Waals surface area contributed by atoms with Crippen LogP contribution in [0.4, 0.5) is 5.82 Å². The lowest BCUT2D eigenvalue weighted by Gasteiger charge is -2.15. The number of hydrogen-bond donors (Lipinski definition) is 2. The van der Waals surface area contributed by atoms with Crippen molar-refractivity contribution >= 4 is 39.2 Å². The number of thiazole rings is 1. The van der Waals surface area contributed by atoms with Crippen LogP contribution in [0.3, 0.4) is 0 Å². The number of carbonyl (C=O) groups excluding carboxylic acids is 2. The molecule has 0 radical (unpaired) electrons. The van der Waals surface area contributed by atoms with Gasteiger partial charge in [-0.1, -0.05) is 0 Å². The van der Waals surface area contributed by atoms with Gasteiger partial charge in [0.05, 0.1) is 39.1 Å². The van der Waals surface area contributed by atoms with Crippen LogP contribution in [0.1, 0.15) is 25.7 Å². The summed E-state index contributed by atoms with van der Waals surface area (Å²) >= 11 is 1.46. The molecule has 8 nitrogen and oxygen atoms in total. The monoisotopic (exact) mass is 356 g/mol. The molecule has 2 amide bonds. The highest BCUT2D eigenvalue weighted by Crippen LogP contribution is 2.33. The highest BCUT2D eigenvalue weighted by Gasteiger charge is 2.32. The van der Waals surface area contributed by atoms with E-state index in [4.69, 9.17) is 10.5 Å². The summed E-state index contributed by atoms with van der Waals surface area (Å²) in [6, 6.07) is 4.55. The minimum atomic E-state index is -0.628. The molecular formula is C16H12N4O4S. The number of methoxy groups -OCH3 is 1. The van der Waals surface area contributed by atoms with E-state index in [0.29, 0.717) is 11.4 Å². The zero-order valence-electron chi connectivity index (χ0n) is 13.2. The molecule has 0 saturated heterocycles. The number of aryl methyl sites for hydroxylation is 1. The molecule has 9 heteroatoms. The van der Waals surface area contributed by atoms with E-state index in [2.05, 4.69) is 10.3 Å². The number of rotatable bonds is 2. The van der Waals surface area contributed by atoms with Crippen molar-refractivity contribution < 1.29 is 14.3 Å². The van der Waals surface area contributed by atoms with Crippen molar-refractivity contribution in [2.75, 3.05) is 12.8 Å². The zero-order valence-corrected chi connectivity index (χ0v) is 14.1. The summed E-state index contributed by atoms with van der Waals surface area (Å²) in [6.45, 7) is 1.88. The number of nitrogens with two attached hydrogens (primary N) is 1. The van der Waals surface area contributed by atoms with Crippen molar-refractivity contribution in [1.82, 2.24) is 14.9 Å². The second kappa shape index (κ2) is 5.15. The van der Waals surface area contributed by atoms with Crippen LogP contribution in [0.15, 0.2) is 23.0 Å². The third kappa shape index (κ3) is 2.13. The SMILES string of the molecule is COc1cc2nc(C)sc2cc1-n1c(N)c2c(cc1=O)C(=O)NC2=O. The second-order valence-corrected chi connectivity index (χ2v) is 6.73. The van der Waals surface area contributed by atoms with E-state index in [1.165, 1.54) is 23.0 Å². The Hall–Kier alpha value is -3.20. The Kier molecular flexibility index (Phi) is 3.16. The predicted molar refractivity (Wildman–Crippen MR) is 92.7 cm³/mol. The van der Waals surface area contributed by atoms with E-state index in [1.807, 2.05) is 6.92 Å². The third-order valence-electron chi connectivity index (χ3n) is 3.99. The lowest BCUT2D eigenvalue weighted by Crippen LogP contribution is -2.24. The highest BCUT2D eigenvalue weighted by atomic mass is 32.1. The second-order valence-electron chi connectivity index (χ2n) is 5.50. The molecule has 0 unspecified atom stereocenters. The van der Waals surface area contributed by atoms with Crippen LogP contribution >= 0.6 is 11.3 Å². The molecule has 1 aliphatic rings. The van der Waals surface area contributed by atoms with E-state index in [-0.39, 0.29) is 16.9 Å². The summed E-state index contributed by atoms with van der Waals surface area (Å²) in [5.74, 6) is -0.975. The van der Waals surface area contributed by atoms with Crippen LogP contribution < -0.4 is 21.3 Å². The Morgan fingerprint density at radius 1 is 1.20 bits per heavy atom. The summed E-state index contributed by atoms with van der Waals surface area (Å²) in [6.07, 6.45) is 0. The molecule has 1 aliphatic heterocycles. The third-order valence-corrected chi connectivity index (χ3v) is 4.92. The molecule has 0 fully saturated rings. The number of pyridine rings is 1. The average Bonchev–Trinajstić information content (AvgIpc) is 3.04. The van der Waals surface area contributed by atoms with Gasteiger partial charge in [0, 0.05) is 12.1 Å². The molecule has 3 aromatic rings. The Labute approximate surface area is 144 Å². The van der Waals surface area contributed by atoms with E-state index in [0.717, 1.165) is 21.3 Å². The molecule has 0 bridgehead atoms. The van der Waals surface area contributed by atoms with Crippen LogP contribution in [-0.4, -0.2) is 28.5 Å². The number of anilines is 1. The number of ether oxygens (including phenoxy) is 1. The first kappa shape index (κ1) is 15.3. The minimum Gasteiger partial charge on any atom is -0.494 e. The van der Waals surface area contributed by atoms with Crippen LogP contribution in [0.25, 0.3) is 15.9 Å². The fourth-order valence-corrected chi connectivity index (χ4v) is 3.77. The number of carbonyl (C=O) groups is 2. The van der Waals surface area contributed by atoms with Gasteiger partial charge in [0.1, 0.15) is 11.6 Å². The number of imide groups is 1. The maximum absolute atomic E-state index is 12.6. The molecule has 0 aliphatic carbocycles. The number of aromatic nitrogens is 2. The number of fused-ring (bicyclic) bond motifs is 2. The molecule has 0 atom stereocenters. The van der Waals surface area contributed by atoms with Gasteiger partial charge in [0.25, 0.3) is 17.4 Å². The first-order chi connectivity index (χ1) is 11.9. The number of nitrogens with zero attached hydrogens (tertiary/aromatic N) is 2. The van der Waals surface area contributed by atoms with E-state index < -0.39 is 17.4 Å². The van der Waals surface area contributed by atoms with Gasteiger partial charge >= 0.3 is 0 Å². The van der Waals surface area contributed by atoms with Gasteiger partial charge in [-0.25, -0.2) is 4.98 Å². The van der Waals surface area contributed by atoms with Crippen LogP contribution in [0.5, 0.6) is 5.75 Å². The largest absolute Gasteiger partial charge is 0.494 e. The summed E-state index contributed by atoms with van der Waals surface area (Å²) in [4.78, 5) is 40.7.